The molecule has 0 unspecified atom stereocenters. The van der Waals surface area contributed by atoms with Gasteiger partial charge in [-0.15, -0.1) is 0 Å². The van der Waals surface area contributed by atoms with Crippen molar-refractivity contribution in [3.05, 3.63) is 34.9 Å². The van der Waals surface area contributed by atoms with Crippen molar-refractivity contribution in [1.82, 2.24) is 0 Å². The molecule has 0 radical (unpaired) electrons. The van der Waals surface area contributed by atoms with Crippen molar-refractivity contribution in [2.45, 2.75) is 19.8 Å². The first-order valence-corrected chi connectivity index (χ1v) is 6.81. The highest BCUT2D eigenvalue weighted by Gasteiger charge is 2.20. The fraction of sp³-hybridized carbons (Fsp3) is 0.385. The Morgan fingerprint density at radius 3 is 2.58 bits per heavy atom. The van der Waals surface area contributed by atoms with Crippen LogP contribution in [0, 0.1) is 0 Å². The second-order valence-electron chi connectivity index (χ2n) is 3.69. The lowest BCUT2D eigenvalue weighted by atomic mass is 9.99. The minimum absolute atomic E-state index is 0.0209. The Bertz CT molecular complexity index is 475. The van der Waals surface area contributed by atoms with E-state index in [1.165, 1.54) is 12.1 Å². The van der Waals surface area contributed by atoms with Gasteiger partial charge in [-0.05, 0) is 19.1 Å². The summed E-state index contributed by atoms with van der Waals surface area (Å²) in [5.41, 5.74) is -0.466. The smallest absolute Gasteiger partial charge is 0.338 e. The molecule has 0 fully saturated rings. The Labute approximate surface area is 118 Å². The van der Waals surface area contributed by atoms with Crippen molar-refractivity contribution < 1.29 is 23.1 Å². The highest BCUT2D eigenvalue weighted by molar-refractivity contribution is 9.09. The molecule has 0 heterocycles. The van der Waals surface area contributed by atoms with Crippen LogP contribution in [0.3, 0.4) is 0 Å². The Hall–Kier alpha value is -1.30. The van der Waals surface area contributed by atoms with Crippen LogP contribution in [-0.2, 0) is 4.74 Å². The molecule has 0 amide bonds. The van der Waals surface area contributed by atoms with Crippen molar-refractivity contribution in [1.29, 1.82) is 0 Å². The van der Waals surface area contributed by atoms with Gasteiger partial charge in [-0.3, -0.25) is 4.79 Å². The van der Waals surface area contributed by atoms with Gasteiger partial charge in [-0.1, -0.05) is 22.0 Å². The molecular formula is C13H13BrF2O3. The number of Topliss-reactive ketones (excluding diaryl/α,β-unsaturated/α-hetero) is 1. The van der Waals surface area contributed by atoms with Crippen LogP contribution < -0.4 is 0 Å². The lowest BCUT2D eigenvalue weighted by molar-refractivity contribution is 0.0525. The number of ether oxygens (including phenoxy) is 1. The van der Waals surface area contributed by atoms with Crippen LogP contribution in [0.2, 0.25) is 0 Å². The van der Waals surface area contributed by atoms with E-state index >= 15 is 0 Å². The molecule has 19 heavy (non-hydrogen) atoms. The third kappa shape index (κ3) is 4.09. The van der Waals surface area contributed by atoms with Crippen LogP contribution in [0.25, 0.3) is 0 Å². The van der Waals surface area contributed by atoms with Crippen LogP contribution in [0.1, 0.15) is 46.0 Å². The first-order valence-electron chi connectivity index (χ1n) is 5.69. The summed E-state index contributed by atoms with van der Waals surface area (Å²) in [7, 11) is 0. The molecule has 0 saturated heterocycles. The first-order chi connectivity index (χ1) is 9.01. The molecule has 0 aliphatic heterocycles. The van der Waals surface area contributed by atoms with Gasteiger partial charge in [0.2, 0.25) is 0 Å². The zero-order valence-corrected chi connectivity index (χ0v) is 11.9. The standard InChI is InChI=1S/C13H13BrF2O3/c1-2-19-13(18)8-3-4-9(11(17)5-6-14)10(7-8)12(15)16/h3-4,7,12H,2,5-6H2,1H3. The van der Waals surface area contributed by atoms with E-state index in [1.54, 1.807) is 6.92 Å². The summed E-state index contributed by atoms with van der Waals surface area (Å²) in [6, 6.07) is 3.59. The maximum atomic E-state index is 12.9. The predicted octanol–water partition coefficient (Wildman–Crippen LogP) is 3.77. The maximum Gasteiger partial charge on any atom is 0.338 e. The van der Waals surface area contributed by atoms with E-state index in [0.29, 0.717) is 5.33 Å². The summed E-state index contributed by atoms with van der Waals surface area (Å²) in [5.74, 6) is -1.06. The van der Waals surface area contributed by atoms with Gasteiger partial charge in [0.1, 0.15) is 0 Å². The van der Waals surface area contributed by atoms with Gasteiger partial charge < -0.3 is 4.74 Å². The molecule has 3 nitrogen and oxygen atoms in total. The highest BCUT2D eigenvalue weighted by Crippen LogP contribution is 2.25. The first kappa shape index (κ1) is 15.8. The molecule has 0 bridgehead atoms. The minimum Gasteiger partial charge on any atom is -0.462 e. The molecule has 0 aliphatic carbocycles. The number of alkyl halides is 3. The van der Waals surface area contributed by atoms with E-state index < -0.39 is 18.0 Å². The van der Waals surface area contributed by atoms with Gasteiger partial charge in [0, 0.05) is 22.9 Å². The zero-order valence-electron chi connectivity index (χ0n) is 10.3. The highest BCUT2D eigenvalue weighted by atomic mass is 79.9. The molecule has 1 aromatic rings. The zero-order chi connectivity index (χ0) is 14.4. The number of rotatable bonds is 6. The summed E-state index contributed by atoms with van der Waals surface area (Å²) in [4.78, 5) is 23.2. The predicted molar refractivity (Wildman–Crippen MR) is 70.1 cm³/mol. The van der Waals surface area contributed by atoms with Crippen LogP contribution in [0.5, 0.6) is 0 Å². The average molecular weight is 335 g/mol. The number of ketones is 1. The van der Waals surface area contributed by atoms with E-state index in [9.17, 15) is 18.4 Å². The third-order valence-corrected chi connectivity index (χ3v) is 2.82. The van der Waals surface area contributed by atoms with Crippen LogP contribution in [0.4, 0.5) is 8.78 Å². The van der Waals surface area contributed by atoms with Crippen molar-refractivity contribution in [2.24, 2.45) is 0 Å². The molecule has 1 aromatic carbocycles. The summed E-state index contributed by atoms with van der Waals surface area (Å²) >= 11 is 3.08. The number of halogens is 3. The molecule has 0 atom stereocenters. The van der Waals surface area contributed by atoms with Gasteiger partial charge >= 0.3 is 5.97 Å². The largest absolute Gasteiger partial charge is 0.462 e. The maximum absolute atomic E-state index is 12.9. The summed E-state index contributed by atoms with van der Waals surface area (Å²) in [6.45, 7) is 1.78. The SMILES string of the molecule is CCOC(=O)c1ccc(C(=O)CCBr)c(C(F)F)c1. The van der Waals surface area contributed by atoms with Crippen LogP contribution in [0.15, 0.2) is 18.2 Å². The number of hydrogen-bond donors (Lipinski definition) is 0. The average Bonchev–Trinajstić information content (AvgIpc) is 2.38. The summed E-state index contributed by atoms with van der Waals surface area (Å²) in [6.07, 6.45) is -2.69. The quantitative estimate of drug-likeness (QED) is 0.452. The fourth-order valence-corrected chi connectivity index (χ4v) is 1.92. The van der Waals surface area contributed by atoms with E-state index in [0.717, 1.165) is 6.07 Å². The van der Waals surface area contributed by atoms with Gasteiger partial charge in [0.15, 0.2) is 5.78 Å². The second-order valence-corrected chi connectivity index (χ2v) is 4.48. The molecular weight excluding hydrogens is 322 g/mol. The summed E-state index contributed by atoms with van der Waals surface area (Å²) < 4.78 is 30.6. The van der Waals surface area contributed by atoms with Gasteiger partial charge in [0.25, 0.3) is 6.43 Å². The molecule has 0 spiro atoms. The number of hydrogen-bond acceptors (Lipinski definition) is 3. The lowest BCUT2D eigenvalue weighted by Gasteiger charge is -2.09. The monoisotopic (exact) mass is 334 g/mol. The third-order valence-electron chi connectivity index (χ3n) is 2.42. The molecule has 0 aromatic heterocycles. The van der Waals surface area contributed by atoms with Crippen molar-refractivity contribution in [2.75, 3.05) is 11.9 Å². The van der Waals surface area contributed by atoms with Crippen LogP contribution >= 0.6 is 15.9 Å². The van der Waals surface area contributed by atoms with Gasteiger partial charge in [-0.2, -0.15) is 0 Å². The lowest BCUT2D eigenvalue weighted by Crippen LogP contribution is -2.09. The fourth-order valence-electron chi connectivity index (χ4n) is 1.56. The second kappa shape index (κ2) is 7.33. The van der Waals surface area contributed by atoms with Crippen molar-refractivity contribution in [3.63, 3.8) is 0 Å². The normalized spacial score (nSPS) is 10.6. The molecule has 0 aliphatic rings. The van der Waals surface area contributed by atoms with E-state index in [-0.39, 0.29) is 29.9 Å². The molecule has 0 saturated carbocycles. The number of benzene rings is 1. The Kier molecular flexibility index (Phi) is 6.08. The van der Waals surface area contributed by atoms with Crippen molar-refractivity contribution >= 4 is 27.7 Å². The number of carbonyl (C=O) groups is 2. The molecule has 104 valence electrons. The Balaban J connectivity index is 3.15. The minimum atomic E-state index is -2.82. The van der Waals surface area contributed by atoms with Gasteiger partial charge in [0.05, 0.1) is 12.2 Å². The van der Waals surface area contributed by atoms with Gasteiger partial charge in [-0.25, -0.2) is 13.6 Å². The molecule has 0 N–H and O–H groups in total. The van der Waals surface area contributed by atoms with E-state index in [4.69, 9.17) is 4.74 Å². The summed E-state index contributed by atoms with van der Waals surface area (Å²) in [5, 5.41) is 0.397. The number of carbonyl (C=O) groups excluding carboxylic acids is 2. The van der Waals surface area contributed by atoms with Crippen molar-refractivity contribution in [3.8, 4) is 0 Å². The Morgan fingerprint density at radius 1 is 1.37 bits per heavy atom. The topological polar surface area (TPSA) is 43.4 Å². The molecule has 6 heteroatoms. The van der Waals surface area contributed by atoms with E-state index in [2.05, 4.69) is 15.9 Å². The van der Waals surface area contributed by atoms with E-state index in [1.807, 2.05) is 0 Å². The Morgan fingerprint density at radius 2 is 2.05 bits per heavy atom. The van der Waals surface area contributed by atoms with Crippen LogP contribution in [-0.4, -0.2) is 23.7 Å². The molecule has 1 rings (SSSR count). The number of esters is 1.